The number of nitrogens with zero attached hydrogens (tertiary/aromatic N) is 3. The average Bonchev–Trinajstić information content (AvgIpc) is 2.71. The molecule has 2 heterocycles. The minimum atomic E-state index is -0.758. The molecule has 1 atom stereocenters. The van der Waals surface area contributed by atoms with Crippen molar-refractivity contribution in [1.29, 1.82) is 0 Å². The van der Waals surface area contributed by atoms with Crippen molar-refractivity contribution in [3.63, 3.8) is 0 Å². The Morgan fingerprint density at radius 1 is 1.50 bits per heavy atom. The monoisotopic (exact) mass is 266 g/mol. The molecule has 0 aliphatic rings. The number of aromatic nitrogens is 3. The number of nitrogens with one attached hydrogen (secondary N) is 1. The fourth-order valence-corrected chi connectivity index (χ4v) is 2.47. The van der Waals surface area contributed by atoms with Crippen LogP contribution >= 0.6 is 11.8 Å². The van der Waals surface area contributed by atoms with E-state index in [4.69, 9.17) is 0 Å². The molecule has 0 aliphatic carbocycles. The Morgan fingerprint density at radius 2 is 2.28 bits per heavy atom. The maximum atomic E-state index is 10.1. The summed E-state index contributed by atoms with van der Waals surface area (Å²) >= 11 is 1.62. The molecule has 2 aromatic rings. The zero-order valence-corrected chi connectivity index (χ0v) is 11.7. The van der Waals surface area contributed by atoms with E-state index < -0.39 is 5.60 Å². The summed E-state index contributed by atoms with van der Waals surface area (Å²) in [5, 5.41) is 17.5. The molecule has 5 nitrogen and oxygen atoms in total. The number of anilines is 1. The Balaban J connectivity index is 2.11. The first-order chi connectivity index (χ1) is 8.52. The number of aliphatic hydroxyl groups is 1. The van der Waals surface area contributed by atoms with Crippen molar-refractivity contribution in [2.45, 2.75) is 19.4 Å². The standard InChI is InChI=1S/C12H18N4OS/c1-9-5-4-6-10-14-11(15-16(9)10)13-7-12(2,17)8-18-3/h4-6,17H,7-8H2,1-3H3,(H,13,15). The molecular weight excluding hydrogens is 248 g/mol. The van der Waals surface area contributed by atoms with Crippen LogP contribution in [0.5, 0.6) is 0 Å². The van der Waals surface area contributed by atoms with Gasteiger partial charge in [-0.1, -0.05) is 6.07 Å². The summed E-state index contributed by atoms with van der Waals surface area (Å²) in [5.74, 6) is 1.22. The Bertz CT molecular complexity index is 538. The molecule has 0 radical (unpaired) electrons. The van der Waals surface area contributed by atoms with Gasteiger partial charge in [0.05, 0.1) is 5.60 Å². The summed E-state index contributed by atoms with van der Waals surface area (Å²) in [6.45, 7) is 4.22. The minimum absolute atomic E-state index is 0.434. The molecule has 0 fully saturated rings. The predicted octanol–water partition coefficient (Wildman–Crippen LogP) is 1.56. The van der Waals surface area contributed by atoms with E-state index in [0.717, 1.165) is 11.3 Å². The SMILES string of the molecule is CSCC(C)(O)CNc1nc2cccc(C)n2n1. The van der Waals surface area contributed by atoms with Crippen LogP contribution in [-0.2, 0) is 0 Å². The van der Waals surface area contributed by atoms with Gasteiger partial charge in [0, 0.05) is 18.0 Å². The third-order valence-electron chi connectivity index (χ3n) is 2.63. The second-order valence-electron chi connectivity index (χ2n) is 4.66. The van der Waals surface area contributed by atoms with E-state index in [1.165, 1.54) is 0 Å². The molecule has 0 saturated carbocycles. The first kappa shape index (κ1) is 13.2. The van der Waals surface area contributed by atoms with Crippen molar-refractivity contribution < 1.29 is 5.11 Å². The van der Waals surface area contributed by atoms with Gasteiger partial charge in [0.25, 0.3) is 0 Å². The number of pyridine rings is 1. The molecule has 2 aromatic heterocycles. The average molecular weight is 266 g/mol. The van der Waals surface area contributed by atoms with Crippen LogP contribution in [0.4, 0.5) is 5.95 Å². The maximum absolute atomic E-state index is 10.1. The molecule has 0 bridgehead atoms. The number of aryl methyl sites for hydroxylation is 1. The van der Waals surface area contributed by atoms with Gasteiger partial charge in [-0.2, -0.15) is 16.7 Å². The normalized spacial score (nSPS) is 14.7. The first-order valence-electron chi connectivity index (χ1n) is 5.79. The lowest BCUT2D eigenvalue weighted by Gasteiger charge is -2.21. The van der Waals surface area contributed by atoms with Gasteiger partial charge in [-0.05, 0) is 32.2 Å². The van der Waals surface area contributed by atoms with Crippen molar-refractivity contribution in [3.8, 4) is 0 Å². The van der Waals surface area contributed by atoms with Gasteiger partial charge in [-0.15, -0.1) is 5.10 Å². The molecule has 0 aromatic carbocycles. The third-order valence-corrected chi connectivity index (χ3v) is 3.54. The van der Waals surface area contributed by atoms with E-state index in [1.807, 2.05) is 31.4 Å². The van der Waals surface area contributed by atoms with Crippen LogP contribution in [0, 0.1) is 6.92 Å². The fourth-order valence-electron chi connectivity index (χ4n) is 1.74. The highest BCUT2D eigenvalue weighted by Crippen LogP contribution is 2.13. The number of rotatable bonds is 5. The van der Waals surface area contributed by atoms with Gasteiger partial charge in [0.2, 0.25) is 5.95 Å². The zero-order valence-electron chi connectivity index (χ0n) is 10.8. The summed E-state index contributed by atoms with van der Waals surface area (Å²) in [7, 11) is 0. The summed E-state index contributed by atoms with van der Waals surface area (Å²) in [4.78, 5) is 4.36. The molecule has 2 N–H and O–H groups in total. The van der Waals surface area contributed by atoms with Crippen LogP contribution in [0.3, 0.4) is 0 Å². The van der Waals surface area contributed by atoms with Gasteiger partial charge in [-0.3, -0.25) is 0 Å². The van der Waals surface area contributed by atoms with Gasteiger partial charge in [0.1, 0.15) is 0 Å². The topological polar surface area (TPSA) is 62.5 Å². The van der Waals surface area contributed by atoms with E-state index in [1.54, 1.807) is 23.2 Å². The van der Waals surface area contributed by atoms with E-state index in [9.17, 15) is 5.11 Å². The quantitative estimate of drug-likeness (QED) is 0.860. The Labute approximate surface area is 111 Å². The summed E-state index contributed by atoms with van der Waals surface area (Å²) < 4.78 is 1.78. The molecule has 2 rings (SSSR count). The summed E-state index contributed by atoms with van der Waals surface area (Å²) in [6.07, 6.45) is 1.97. The molecule has 1 unspecified atom stereocenters. The predicted molar refractivity (Wildman–Crippen MR) is 75.2 cm³/mol. The van der Waals surface area contributed by atoms with E-state index in [0.29, 0.717) is 18.2 Å². The maximum Gasteiger partial charge on any atom is 0.243 e. The molecule has 6 heteroatoms. The molecular formula is C12H18N4OS. The van der Waals surface area contributed by atoms with Crippen molar-refractivity contribution in [2.24, 2.45) is 0 Å². The minimum Gasteiger partial charge on any atom is -0.387 e. The summed E-state index contributed by atoms with van der Waals surface area (Å²) in [5.41, 5.74) is 1.08. The highest BCUT2D eigenvalue weighted by atomic mass is 32.2. The Morgan fingerprint density at radius 3 is 2.94 bits per heavy atom. The third kappa shape index (κ3) is 2.94. The highest BCUT2D eigenvalue weighted by Gasteiger charge is 2.20. The van der Waals surface area contributed by atoms with E-state index >= 15 is 0 Å². The number of thioether (sulfide) groups is 1. The molecule has 0 spiro atoms. The molecule has 0 aliphatic heterocycles. The van der Waals surface area contributed by atoms with E-state index in [2.05, 4.69) is 15.4 Å². The highest BCUT2D eigenvalue weighted by molar-refractivity contribution is 7.98. The van der Waals surface area contributed by atoms with Gasteiger partial charge >= 0.3 is 0 Å². The van der Waals surface area contributed by atoms with Crippen LogP contribution in [0.1, 0.15) is 12.6 Å². The molecule has 0 amide bonds. The molecule has 0 saturated heterocycles. The van der Waals surface area contributed by atoms with Crippen LogP contribution in [0.15, 0.2) is 18.2 Å². The summed E-state index contributed by atoms with van der Waals surface area (Å²) in [6, 6.07) is 5.84. The Kier molecular flexibility index (Phi) is 3.77. The van der Waals surface area contributed by atoms with Crippen molar-refractivity contribution in [1.82, 2.24) is 14.6 Å². The van der Waals surface area contributed by atoms with Gasteiger partial charge in [0.15, 0.2) is 5.65 Å². The van der Waals surface area contributed by atoms with Gasteiger partial charge < -0.3 is 10.4 Å². The van der Waals surface area contributed by atoms with Crippen LogP contribution in [-0.4, -0.2) is 43.9 Å². The second-order valence-corrected chi connectivity index (χ2v) is 5.52. The van der Waals surface area contributed by atoms with Crippen LogP contribution < -0.4 is 5.32 Å². The van der Waals surface area contributed by atoms with Crippen LogP contribution in [0.2, 0.25) is 0 Å². The fraction of sp³-hybridized carbons (Fsp3) is 0.500. The molecule has 18 heavy (non-hydrogen) atoms. The lowest BCUT2D eigenvalue weighted by molar-refractivity contribution is 0.0995. The van der Waals surface area contributed by atoms with Crippen molar-refractivity contribution in [2.75, 3.05) is 23.9 Å². The zero-order chi connectivity index (χ0) is 13.2. The van der Waals surface area contributed by atoms with E-state index in [-0.39, 0.29) is 0 Å². The lowest BCUT2D eigenvalue weighted by Crippen LogP contribution is -2.36. The second kappa shape index (κ2) is 5.16. The number of hydrogen-bond acceptors (Lipinski definition) is 5. The van der Waals surface area contributed by atoms with Crippen molar-refractivity contribution in [3.05, 3.63) is 23.9 Å². The smallest absolute Gasteiger partial charge is 0.243 e. The Hall–Kier alpha value is -1.27. The number of hydrogen-bond donors (Lipinski definition) is 2. The lowest BCUT2D eigenvalue weighted by atomic mass is 10.1. The van der Waals surface area contributed by atoms with Gasteiger partial charge in [-0.25, -0.2) is 4.52 Å². The molecule has 98 valence electrons. The number of fused-ring (bicyclic) bond motifs is 1. The first-order valence-corrected chi connectivity index (χ1v) is 7.19. The van der Waals surface area contributed by atoms with Crippen molar-refractivity contribution >= 4 is 23.4 Å². The largest absolute Gasteiger partial charge is 0.387 e. The van der Waals surface area contributed by atoms with Crippen LogP contribution in [0.25, 0.3) is 5.65 Å².